The number of aryl methyl sites for hydroxylation is 2. The molecule has 1 atom stereocenters. The molecule has 0 spiro atoms. The number of nitrogens with one attached hydrogen (secondary N) is 1. The van der Waals surface area contributed by atoms with Crippen LogP contribution in [0.3, 0.4) is 0 Å². The minimum absolute atomic E-state index is 0.498. The monoisotopic (exact) mass is 245 g/mol. The van der Waals surface area contributed by atoms with Crippen molar-refractivity contribution in [1.82, 2.24) is 5.32 Å². The number of benzene rings is 1. The maximum atomic E-state index is 3.65. The van der Waals surface area contributed by atoms with Crippen molar-refractivity contribution in [2.45, 2.75) is 64.8 Å². The van der Waals surface area contributed by atoms with Crippen molar-refractivity contribution in [3.05, 3.63) is 34.9 Å². The van der Waals surface area contributed by atoms with Crippen molar-refractivity contribution < 1.29 is 0 Å². The molecule has 1 nitrogen and oxygen atoms in total. The van der Waals surface area contributed by atoms with Crippen LogP contribution >= 0.6 is 0 Å². The zero-order valence-electron chi connectivity index (χ0n) is 12.0. The predicted molar refractivity (Wildman–Crippen MR) is 79.0 cm³/mol. The van der Waals surface area contributed by atoms with Crippen molar-refractivity contribution in [2.75, 3.05) is 6.54 Å². The highest BCUT2D eigenvalue weighted by atomic mass is 14.9. The summed E-state index contributed by atoms with van der Waals surface area (Å²) in [6.07, 6.45) is 9.28. The average molecular weight is 245 g/mol. The van der Waals surface area contributed by atoms with Crippen molar-refractivity contribution in [3.63, 3.8) is 0 Å². The lowest BCUT2D eigenvalue weighted by atomic mass is 10.0. The summed E-state index contributed by atoms with van der Waals surface area (Å²) in [7, 11) is 0. The second kappa shape index (κ2) is 6.94. The lowest BCUT2D eigenvalue weighted by molar-refractivity contribution is 0.536. The fourth-order valence-corrected chi connectivity index (χ4v) is 2.85. The van der Waals surface area contributed by atoms with Crippen LogP contribution in [0, 0.1) is 0 Å². The molecule has 1 N–H and O–H groups in total. The highest BCUT2D eigenvalue weighted by Crippen LogP contribution is 2.25. The van der Waals surface area contributed by atoms with Gasteiger partial charge in [-0.2, -0.15) is 0 Å². The van der Waals surface area contributed by atoms with Gasteiger partial charge >= 0.3 is 0 Å². The van der Waals surface area contributed by atoms with Gasteiger partial charge < -0.3 is 5.32 Å². The van der Waals surface area contributed by atoms with Crippen LogP contribution in [0.5, 0.6) is 0 Å². The number of rotatable bonds is 7. The number of hydrogen-bond acceptors (Lipinski definition) is 1. The Kier molecular flexibility index (Phi) is 5.25. The summed E-state index contributed by atoms with van der Waals surface area (Å²) in [4.78, 5) is 0. The van der Waals surface area contributed by atoms with Crippen molar-refractivity contribution >= 4 is 0 Å². The van der Waals surface area contributed by atoms with Gasteiger partial charge in [0.25, 0.3) is 0 Å². The normalized spacial score (nSPS) is 15.7. The Hall–Kier alpha value is -0.820. The summed E-state index contributed by atoms with van der Waals surface area (Å²) in [5.74, 6) is 0. The summed E-state index contributed by atoms with van der Waals surface area (Å²) < 4.78 is 0. The highest BCUT2D eigenvalue weighted by molar-refractivity contribution is 5.36. The summed E-state index contributed by atoms with van der Waals surface area (Å²) in [5, 5.41) is 3.65. The van der Waals surface area contributed by atoms with Crippen LogP contribution in [0.4, 0.5) is 0 Å². The largest absolute Gasteiger partial charge is 0.310 e. The summed E-state index contributed by atoms with van der Waals surface area (Å²) in [6, 6.07) is 7.57. The van der Waals surface area contributed by atoms with E-state index in [4.69, 9.17) is 0 Å². The zero-order valence-corrected chi connectivity index (χ0v) is 12.0. The molecule has 1 heteroatoms. The van der Waals surface area contributed by atoms with Gasteiger partial charge in [-0.1, -0.05) is 44.4 Å². The van der Waals surface area contributed by atoms with Gasteiger partial charge in [0.15, 0.2) is 0 Å². The molecule has 0 saturated heterocycles. The van der Waals surface area contributed by atoms with E-state index >= 15 is 0 Å². The maximum Gasteiger partial charge on any atom is 0.0291 e. The maximum absolute atomic E-state index is 3.65. The molecule has 0 bridgehead atoms. The van der Waals surface area contributed by atoms with E-state index in [-0.39, 0.29) is 0 Å². The summed E-state index contributed by atoms with van der Waals surface area (Å²) >= 11 is 0. The fourth-order valence-electron chi connectivity index (χ4n) is 2.85. The van der Waals surface area contributed by atoms with Crippen LogP contribution in [0.2, 0.25) is 0 Å². The van der Waals surface area contributed by atoms with Gasteiger partial charge in [-0.15, -0.1) is 0 Å². The van der Waals surface area contributed by atoms with Crippen LogP contribution in [-0.2, 0) is 12.8 Å². The molecule has 0 heterocycles. The van der Waals surface area contributed by atoms with Gasteiger partial charge in [0.1, 0.15) is 0 Å². The molecule has 1 aromatic carbocycles. The molecule has 0 saturated carbocycles. The molecule has 100 valence electrons. The van der Waals surface area contributed by atoms with Gasteiger partial charge in [0.05, 0.1) is 0 Å². The molecular formula is C17H27N. The van der Waals surface area contributed by atoms with E-state index in [9.17, 15) is 0 Å². The van der Waals surface area contributed by atoms with Gasteiger partial charge in [-0.25, -0.2) is 0 Å². The van der Waals surface area contributed by atoms with E-state index in [1.807, 2.05) is 0 Å². The third-order valence-electron chi connectivity index (χ3n) is 4.10. The molecule has 1 unspecified atom stereocenters. The molecule has 0 radical (unpaired) electrons. The molecule has 18 heavy (non-hydrogen) atoms. The van der Waals surface area contributed by atoms with E-state index < -0.39 is 0 Å². The second-order valence-electron chi connectivity index (χ2n) is 5.62. The Bertz CT molecular complexity index is 370. The molecule has 0 aromatic heterocycles. The van der Waals surface area contributed by atoms with Crippen LogP contribution in [0.15, 0.2) is 18.2 Å². The molecule has 2 rings (SSSR count). The summed E-state index contributed by atoms with van der Waals surface area (Å²) in [6.45, 7) is 5.70. The number of hydrogen-bond donors (Lipinski definition) is 1. The van der Waals surface area contributed by atoms with Gasteiger partial charge in [-0.05, 0) is 55.8 Å². The standard InChI is InChI=1S/C17H27N/c1-3-4-5-6-12-18-14(2)16-11-10-15-8-7-9-17(15)13-16/h10-11,13-14,18H,3-9,12H2,1-2H3. The van der Waals surface area contributed by atoms with Gasteiger partial charge in [-0.3, -0.25) is 0 Å². The SMILES string of the molecule is CCCCCCNC(C)c1ccc2c(c1)CCC2. The minimum Gasteiger partial charge on any atom is -0.310 e. The van der Waals surface area contributed by atoms with Crippen molar-refractivity contribution in [2.24, 2.45) is 0 Å². The summed E-state index contributed by atoms with van der Waals surface area (Å²) in [5.41, 5.74) is 4.63. The second-order valence-corrected chi connectivity index (χ2v) is 5.62. The lowest BCUT2D eigenvalue weighted by Crippen LogP contribution is -2.20. The average Bonchev–Trinajstić information content (AvgIpc) is 2.85. The van der Waals surface area contributed by atoms with Crippen LogP contribution in [0.25, 0.3) is 0 Å². The zero-order chi connectivity index (χ0) is 12.8. The first kappa shape index (κ1) is 13.6. The quantitative estimate of drug-likeness (QED) is 0.702. The molecule has 1 aliphatic carbocycles. The Labute approximate surface area is 112 Å². The molecular weight excluding hydrogens is 218 g/mol. The Morgan fingerprint density at radius 1 is 1.11 bits per heavy atom. The number of unbranched alkanes of at least 4 members (excludes halogenated alkanes) is 3. The third kappa shape index (κ3) is 3.58. The molecule has 0 fully saturated rings. The van der Waals surface area contributed by atoms with Crippen molar-refractivity contribution in [3.8, 4) is 0 Å². The van der Waals surface area contributed by atoms with Crippen LogP contribution < -0.4 is 5.32 Å². The van der Waals surface area contributed by atoms with Crippen molar-refractivity contribution in [1.29, 1.82) is 0 Å². The lowest BCUT2D eigenvalue weighted by Gasteiger charge is -2.15. The van der Waals surface area contributed by atoms with E-state index in [0.717, 1.165) is 6.54 Å². The fraction of sp³-hybridized carbons (Fsp3) is 0.647. The Balaban J connectivity index is 1.80. The molecule has 1 aliphatic rings. The Morgan fingerprint density at radius 3 is 2.78 bits per heavy atom. The first-order chi connectivity index (χ1) is 8.81. The first-order valence-corrected chi connectivity index (χ1v) is 7.66. The predicted octanol–water partition coefficient (Wildman–Crippen LogP) is 4.41. The minimum atomic E-state index is 0.498. The smallest absolute Gasteiger partial charge is 0.0291 e. The number of fused-ring (bicyclic) bond motifs is 1. The third-order valence-corrected chi connectivity index (χ3v) is 4.10. The van der Waals surface area contributed by atoms with E-state index in [2.05, 4.69) is 37.4 Å². The van der Waals surface area contributed by atoms with E-state index in [0.29, 0.717) is 6.04 Å². The van der Waals surface area contributed by atoms with Gasteiger partial charge in [0, 0.05) is 6.04 Å². The van der Waals surface area contributed by atoms with E-state index in [1.165, 1.54) is 50.5 Å². The highest BCUT2D eigenvalue weighted by Gasteiger charge is 2.12. The molecule has 0 amide bonds. The van der Waals surface area contributed by atoms with Crippen LogP contribution in [0.1, 0.15) is 68.7 Å². The first-order valence-electron chi connectivity index (χ1n) is 7.66. The topological polar surface area (TPSA) is 12.0 Å². The van der Waals surface area contributed by atoms with Gasteiger partial charge in [0.2, 0.25) is 0 Å². The Morgan fingerprint density at radius 2 is 1.94 bits per heavy atom. The van der Waals surface area contributed by atoms with Crippen LogP contribution in [-0.4, -0.2) is 6.54 Å². The molecule has 0 aliphatic heterocycles. The molecule has 1 aromatic rings. The van der Waals surface area contributed by atoms with E-state index in [1.54, 1.807) is 11.1 Å².